The molecule has 2 N–H and O–H groups in total. The first-order chi connectivity index (χ1) is 13.5. The van der Waals surface area contributed by atoms with E-state index in [0.717, 1.165) is 11.1 Å². The molecule has 4 nitrogen and oxygen atoms in total. The van der Waals surface area contributed by atoms with Gasteiger partial charge in [0.25, 0.3) is 11.8 Å². The van der Waals surface area contributed by atoms with Crippen LogP contribution in [-0.4, -0.2) is 11.8 Å². The van der Waals surface area contributed by atoms with Crippen LogP contribution >= 0.6 is 0 Å². The molecule has 0 heterocycles. The number of carbonyl (C=O) groups is 2. The zero-order valence-electron chi connectivity index (χ0n) is 16.1. The average Bonchev–Trinajstić information content (AvgIpc) is 2.73. The SMILES string of the molecule is CC(C)c1cccc(NC(=O)C(NC(=O)c2ccccc2)c2ccccc2)c1. The van der Waals surface area contributed by atoms with Crippen LogP contribution in [0.15, 0.2) is 84.9 Å². The lowest BCUT2D eigenvalue weighted by atomic mass is 10.0. The number of hydrogen-bond donors (Lipinski definition) is 2. The maximum Gasteiger partial charge on any atom is 0.252 e. The predicted molar refractivity (Wildman–Crippen MR) is 112 cm³/mol. The van der Waals surface area contributed by atoms with Crippen LogP contribution in [0.2, 0.25) is 0 Å². The third-order valence-electron chi connectivity index (χ3n) is 4.53. The van der Waals surface area contributed by atoms with Gasteiger partial charge in [-0.05, 0) is 41.3 Å². The molecule has 1 atom stereocenters. The van der Waals surface area contributed by atoms with E-state index in [0.29, 0.717) is 17.2 Å². The van der Waals surface area contributed by atoms with Crippen LogP contribution < -0.4 is 10.6 Å². The van der Waals surface area contributed by atoms with Crippen molar-refractivity contribution in [1.82, 2.24) is 5.32 Å². The van der Waals surface area contributed by atoms with E-state index < -0.39 is 6.04 Å². The Morgan fingerprint density at radius 1 is 0.750 bits per heavy atom. The molecule has 28 heavy (non-hydrogen) atoms. The van der Waals surface area contributed by atoms with Gasteiger partial charge in [0.15, 0.2) is 0 Å². The molecule has 0 aromatic heterocycles. The second-order valence-electron chi connectivity index (χ2n) is 6.95. The highest BCUT2D eigenvalue weighted by Crippen LogP contribution is 2.21. The van der Waals surface area contributed by atoms with Crippen molar-refractivity contribution in [3.8, 4) is 0 Å². The van der Waals surface area contributed by atoms with Gasteiger partial charge in [-0.3, -0.25) is 9.59 Å². The summed E-state index contributed by atoms with van der Waals surface area (Å²) in [5.41, 5.74) is 3.09. The van der Waals surface area contributed by atoms with E-state index in [1.807, 2.05) is 60.7 Å². The van der Waals surface area contributed by atoms with Crippen molar-refractivity contribution in [2.24, 2.45) is 0 Å². The third kappa shape index (κ3) is 4.86. The molecule has 1 unspecified atom stereocenters. The lowest BCUT2D eigenvalue weighted by Crippen LogP contribution is -2.37. The Bertz CT molecular complexity index is 937. The fraction of sp³-hybridized carbons (Fsp3) is 0.167. The minimum atomic E-state index is -0.795. The van der Waals surface area contributed by atoms with E-state index in [9.17, 15) is 9.59 Å². The van der Waals surface area contributed by atoms with Gasteiger partial charge < -0.3 is 10.6 Å². The number of amides is 2. The molecule has 0 saturated carbocycles. The number of carbonyl (C=O) groups excluding carboxylic acids is 2. The molecule has 4 heteroatoms. The summed E-state index contributed by atoms with van der Waals surface area (Å²) in [6, 6.07) is 25.1. The quantitative estimate of drug-likeness (QED) is 0.645. The molecular weight excluding hydrogens is 348 g/mol. The zero-order chi connectivity index (χ0) is 19.9. The van der Waals surface area contributed by atoms with Gasteiger partial charge in [-0.2, -0.15) is 0 Å². The molecule has 2 amide bonds. The Labute approximate surface area is 165 Å². The molecule has 0 aliphatic heterocycles. The summed E-state index contributed by atoms with van der Waals surface area (Å²) >= 11 is 0. The summed E-state index contributed by atoms with van der Waals surface area (Å²) in [5.74, 6) is -0.212. The van der Waals surface area contributed by atoms with Crippen LogP contribution in [0.25, 0.3) is 0 Å². The fourth-order valence-electron chi connectivity index (χ4n) is 2.94. The molecule has 0 spiro atoms. The lowest BCUT2D eigenvalue weighted by molar-refractivity contribution is -0.118. The van der Waals surface area contributed by atoms with E-state index in [2.05, 4.69) is 24.5 Å². The summed E-state index contributed by atoms with van der Waals surface area (Å²) in [6.45, 7) is 4.21. The monoisotopic (exact) mass is 372 g/mol. The normalized spacial score (nSPS) is 11.7. The molecule has 0 aliphatic rings. The molecule has 0 saturated heterocycles. The zero-order valence-corrected chi connectivity index (χ0v) is 16.1. The Kier molecular flexibility index (Phi) is 6.22. The smallest absolute Gasteiger partial charge is 0.252 e. The Balaban J connectivity index is 1.83. The first-order valence-corrected chi connectivity index (χ1v) is 9.36. The number of benzene rings is 3. The fourth-order valence-corrected chi connectivity index (χ4v) is 2.94. The van der Waals surface area contributed by atoms with E-state index in [-0.39, 0.29) is 11.8 Å². The van der Waals surface area contributed by atoms with Crippen molar-refractivity contribution in [2.75, 3.05) is 5.32 Å². The van der Waals surface area contributed by atoms with Crippen molar-refractivity contribution in [3.63, 3.8) is 0 Å². The van der Waals surface area contributed by atoms with Gasteiger partial charge >= 0.3 is 0 Å². The van der Waals surface area contributed by atoms with E-state index in [1.165, 1.54) is 0 Å². The van der Waals surface area contributed by atoms with E-state index >= 15 is 0 Å². The molecule has 0 aliphatic carbocycles. The average molecular weight is 372 g/mol. The van der Waals surface area contributed by atoms with Crippen molar-refractivity contribution < 1.29 is 9.59 Å². The largest absolute Gasteiger partial charge is 0.336 e. The summed E-state index contributed by atoms with van der Waals surface area (Å²) in [7, 11) is 0. The molecule has 0 fully saturated rings. The van der Waals surface area contributed by atoms with Gasteiger partial charge in [0.1, 0.15) is 6.04 Å². The minimum Gasteiger partial charge on any atom is -0.336 e. The Morgan fingerprint density at radius 3 is 2.00 bits per heavy atom. The first-order valence-electron chi connectivity index (χ1n) is 9.36. The summed E-state index contributed by atoms with van der Waals surface area (Å²) in [4.78, 5) is 25.7. The standard InChI is InChI=1S/C24H24N2O2/c1-17(2)20-14-9-15-21(16-20)25-24(28)22(18-10-5-3-6-11-18)26-23(27)19-12-7-4-8-13-19/h3-17,22H,1-2H3,(H,25,28)(H,26,27). The van der Waals surface area contributed by atoms with Crippen molar-refractivity contribution in [3.05, 3.63) is 102 Å². The third-order valence-corrected chi connectivity index (χ3v) is 4.53. The van der Waals surface area contributed by atoms with E-state index in [1.54, 1.807) is 24.3 Å². The van der Waals surface area contributed by atoms with Crippen LogP contribution in [0.1, 0.15) is 47.3 Å². The number of nitrogens with one attached hydrogen (secondary N) is 2. The van der Waals surface area contributed by atoms with Crippen LogP contribution in [-0.2, 0) is 4.79 Å². The molecule has 3 aromatic carbocycles. The first kappa shape index (κ1) is 19.4. The number of rotatable bonds is 6. The molecule has 142 valence electrons. The van der Waals surface area contributed by atoms with Crippen molar-refractivity contribution >= 4 is 17.5 Å². The summed E-state index contributed by atoms with van der Waals surface area (Å²) in [5, 5.41) is 5.79. The Hall–Kier alpha value is -3.40. The minimum absolute atomic E-state index is 0.281. The highest BCUT2D eigenvalue weighted by molar-refractivity contribution is 6.01. The molecular formula is C24H24N2O2. The second kappa shape index (κ2) is 9.00. The van der Waals surface area contributed by atoms with Crippen LogP contribution in [0.5, 0.6) is 0 Å². The molecule has 0 bridgehead atoms. The molecule has 3 aromatic rings. The van der Waals surface area contributed by atoms with Gasteiger partial charge in [-0.15, -0.1) is 0 Å². The van der Waals surface area contributed by atoms with Crippen LogP contribution in [0.4, 0.5) is 5.69 Å². The highest BCUT2D eigenvalue weighted by Gasteiger charge is 2.23. The number of hydrogen-bond acceptors (Lipinski definition) is 2. The summed E-state index contributed by atoms with van der Waals surface area (Å²) < 4.78 is 0. The van der Waals surface area contributed by atoms with Gasteiger partial charge in [-0.25, -0.2) is 0 Å². The van der Waals surface area contributed by atoms with Gasteiger partial charge in [-0.1, -0.05) is 74.5 Å². The second-order valence-corrected chi connectivity index (χ2v) is 6.95. The summed E-state index contributed by atoms with van der Waals surface area (Å²) in [6.07, 6.45) is 0. The van der Waals surface area contributed by atoms with Crippen LogP contribution in [0, 0.1) is 0 Å². The highest BCUT2D eigenvalue weighted by atomic mass is 16.2. The van der Waals surface area contributed by atoms with E-state index in [4.69, 9.17) is 0 Å². The van der Waals surface area contributed by atoms with Gasteiger partial charge in [0.05, 0.1) is 0 Å². The van der Waals surface area contributed by atoms with Gasteiger partial charge in [0.2, 0.25) is 0 Å². The predicted octanol–water partition coefficient (Wildman–Crippen LogP) is 4.92. The molecule has 0 radical (unpaired) electrons. The number of anilines is 1. The Morgan fingerprint density at radius 2 is 1.36 bits per heavy atom. The maximum atomic E-state index is 13.0. The topological polar surface area (TPSA) is 58.2 Å². The lowest BCUT2D eigenvalue weighted by Gasteiger charge is -2.19. The maximum absolute atomic E-state index is 13.0. The van der Waals surface area contributed by atoms with Gasteiger partial charge in [0, 0.05) is 11.3 Å². The molecule has 3 rings (SSSR count). The van der Waals surface area contributed by atoms with Crippen molar-refractivity contribution in [2.45, 2.75) is 25.8 Å². The van der Waals surface area contributed by atoms with Crippen LogP contribution in [0.3, 0.4) is 0 Å². The van der Waals surface area contributed by atoms with Crippen molar-refractivity contribution in [1.29, 1.82) is 0 Å².